The summed E-state index contributed by atoms with van der Waals surface area (Å²) in [5.41, 5.74) is 8.17. The van der Waals surface area contributed by atoms with E-state index in [-0.39, 0.29) is 11.6 Å². The van der Waals surface area contributed by atoms with Crippen molar-refractivity contribution in [2.75, 3.05) is 38.2 Å². The Morgan fingerprint density at radius 3 is 2.37 bits per heavy atom. The number of hydrogen-bond acceptors (Lipinski definition) is 9. The fourth-order valence-electron chi connectivity index (χ4n) is 5.05. The number of hydrogen-bond donors (Lipinski definition) is 2. The van der Waals surface area contributed by atoms with Gasteiger partial charge >= 0.3 is 5.97 Å². The maximum absolute atomic E-state index is 12.4. The van der Waals surface area contributed by atoms with E-state index in [1.807, 2.05) is 42.9 Å². The van der Waals surface area contributed by atoms with Gasteiger partial charge in [0.1, 0.15) is 22.7 Å². The predicted octanol–water partition coefficient (Wildman–Crippen LogP) is 4.13. The van der Waals surface area contributed by atoms with Crippen molar-refractivity contribution in [3.8, 4) is 17.2 Å². The van der Waals surface area contributed by atoms with Crippen LogP contribution in [0, 0.1) is 0 Å². The Bertz CT molecular complexity index is 1460. The Balaban J connectivity index is 1.23. The maximum atomic E-state index is 12.4. The third kappa shape index (κ3) is 6.63. The third-order valence-corrected chi connectivity index (χ3v) is 6.87. The van der Waals surface area contributed by atoms with Crippen molar-refractivity contribution in [1.82, 2.24) is 14.5 Å². The van der Waals surface area contributed by atoms with Gasteiger partial charge in [-0.2, -0.15) is 4.98 Å². The highest BCUT2D eigenvalue weighted by atomic mass is 16.5. The molecule has 1 aliphatic rings. The van der Waals surface area contributed by atoms with Crippen molar-refractivity contribution in [2.24, 2.45) is 5.73 Å². The molecule has 3 heterocycles. The molecular formula is C30H35N5O6. The highest BCUT2D eigenvalue weighted by molar-refractivity contribution is 6.02. The molecule has 0 aliphatic carbocycles. The van der Waals surface area contributed by atoms with Crippen LogP contribution in [0.1, 0.15) is 42.6 Å². The number of primary amides is 1. The van der Waals surface area contributed by atoms with Crippen molar-refractivity contribution in [1.29, 1.82) is 0 Å². The molecule has 4 aromatic rings. The van der Waals surface area contributed by atoms with Gasteiger partial charge in [-0.1, -0.05) is 6.07 Å². The minimum atomic E-state index is -0.724. The van der Waals surface area contributed by atoms with Crippen LogP contribution in [0.2, 0.25) is 0 Å². The van der Waals surface area contributed by atoms with E-state index < -0.39 is 18.5 Å². The van der Waals surface area contributed by atoms with Crippen molar-refractivity contribution in [3.05, 3.63) is 66.0 Å². The molecule has 0 spiro atoms. The second-order valence-electron chi connectivity index (χ2n) is 9.81. The second kappa shape index (κ2) is 12.8. The van der Waals surface area contributed by atoms with E-state index in [2.05, 4.69) is 27.3 Å². The molecule has 2 aromatic heterocycles. The number of aromatic nitrogens is 2. The number of rotatable bonds is 12. The van der Waals surface area contributed by atoms with E-state index in [0.717, 1.165) is 55.2 Å². The smallest absolute Gasteiger partial charge is 0.340 e. The Kier molecular flexibility index (Phi) is 8.73. The standard InChI is InChI=1S/C30H35N5O6/c1-3-38-24-16-20(17-25(39-4-2)28(24)35-12-5-6-13-35)18-34-14-10-21(11-15-34)32-30-33-27-22(8-7-9-23(27)41-30)29(37)40-19-26(31)36/h5-9,12-13,16-17,21H,3-4,10-11,14-15,18-19H2,1-2H3,(H2,31,36)(H,32,33). The number of para-hydroxylation sites is 1. The first-order chi connectivity index (χ1) is 19.9. The van der Waals surface area contributed by atoms with Gasteiger partial charge in [0.2, 0.25) is 0 Å². The molecule has 0 bridgehead atoms. The highest BCUT2D eigenvalue weighted by Gasteiger charge is 2.24. The number of esters is 1. The molecule has 2 aromatic carbocycles. The minimum Gasteiger partial charge on any atom is -0.492 e. The third-order valence-electron chi connectivity index (χ3n) is 6.87. The first-order valence-electron chi connectivity index (χ1n) is 13.8. The van der Waals surface area contributed by atoms with Crippen LogP contribution < -0.4 is 20.5 Å². The van der Waals surface area contributed by atoms with E-state index in [4.69, 9.17) is 24.4 Å². The number of nitrogens with zero attached hydrogens (tertiary/aromatic N) is 3. The minimum absolute atomic E-state index is 0.165. The fourth-order valence-corrected chi connectivity index (χ4v) is 5.05. The Labute approximate surface area is 238 Å². The molecule has 0 unspecified atom stereocenters. The Morgan fingerprint density at radius 1 is 1.05 bits per heavy atom. The number of anilines is 1. The second-order valence-corrected chi connectivity index (χ2v) is 9.81. The Hall–Kier alpha value is -4.51. The number of benzene rings is 2. The number of nitrogens with two attached hydrogens (primary N) is 1. The summed E-state index contributed by atoms with van der Waals surface area (Å²) in [7, 11) is 0. The summed E-state index contributed by atoms with van der Waals surface area (Å²) < 4.78 is 24.9. The van der Waals surface area contributed by atoms with Gasteiger partial charge in [-0.3, -0.25) is 9.69 Å². The molecule has 1 saturated heterocycles. The summed E-state index contributed by atoms with van der Waals surface area (Å²) in [4.78, 5) is 30.3. The van der Waals surface area contributed by atoms with E-state index in [9.17, 15) is 9.59 Å². The van der Waals surface area contributed by atoms with Gasteiger partial charge < -0.3 is 34.2 Å². The van der Waals surface area contributed by atoms with Crippen LogP contribution >= 0.6 is 0 Å². The number of ether oxygens (including phenoxy) is 3. The van der Waals surface area contributed by atoms with E-state index in [1.54, 1.807) is 18.2 Å². The number of fused-ring (bicyclic) bond motifs is 1. The monoisotopic (exact) mass is 561 g/mol. The van der Waals surface area contributed by atoms with Crippen LogP contribution in [0.25, 0.3) is 16.8 Å². The first kappa shape index (κ1) is 28.0. The van der Waals surface area contributed by atoms with Crippen LogP contribution in [0.4, 0.5) is 6.01 Å². The molecular weight excluding hydrogens is 526 g/mol. The fraction of sp³-hybridized carbons (Fsp3) is 0.367. The van der Waals surface area contributed by atoms with Crippen LogP contribution in [-0.4, -0.2) is 65.3 Å². The summed E-state index contributed by atoms with van der Waals surface area (Å²) in [6.07, 6.45) is 5.77. The molecule has 5 rings (SSSR count). The summed E-state index contributed by atoms with van der Waals surface area (Å²) in [5.74, 6) is 0.201. The van der Waals surface area contributed by atoms with Crippen molar-refractivity contribution < 1.29 is 28.2 Å². The average molecular weight is 562 g/mol. The van der Waals surface area contributed by atoms with Crippen molar-refractivity contribution >= 4 is 29.0 Å². The van der Waals surface area contributed by atoms with E-state index >= 15 is 0 Å². The molecule has 1 amide bonds. The van der Waals surface area contributed by atoms with E-state index in [0.29, 0.717) is 30.3 Å². The van der Waals surface area contributed by atoms with Gasteiger partial charge in [0.25, 0.3) is 11.9 Å². The zero-order chi connectivity index (χ0) is 28.8. The normalized spacial score (nSPS) is 14.2. The lowest BCUT2D eigenvalue weighted by molar-refractivity contribution is -0.121. The number of likely N-dealkylation sites (tertiary alicyclic amines) is 1. The average Bonchev–Trinajstić information content (AvgIpc) is 3.63. The number of carbonyl (C=O) groups is 2. The van der Waals surface area contributed by atoms with Gasteiger partial charge in [0.15, 0.2) is 12.2 Å². The number of amides is 1. The summed E-state index contributed by atoms with van der Waals surface area (Å²) >= 11 is 0. The number of oxazole rings is 1. The van der Waals surface area contributed by atoms with Gasteiger partial charge in [-0.15, -0.1) is 0 Å². The Morgan fingerprint density at radius 2 is 1.73 bits per heavy atom. The predicted molar refractivity (Wildman–Crippen MR) is 154 cm³/mol. The molecule has 1 fully saturated rings. The van der Waals surface area contributed by atoms with Gasteiger partial charge in [0, 0.05) is 38.1 Å². The maximum Gasteiger partial charge on any atom is 0.340 e. The number of piperidine rings is 1. The van der Waals surface area contributed by atoms with Gasteiger partial charge in [0.05, 0.1) is 18.8 Å². The number of nitrogens with one attached hydrogen (secondary N) is 1. The van der Waals surface area contributed by atoms with E-state index in [1.165, 1.54) is 0 Å². The quantitative estimate of drug-likeness (QED) is 0.245. The van der Waals surface area contributed by atoms with Crippen LogP contribution in [0.15, 0.2) is 59.3 Å². The lowest BCUT2D eigenvalue weighted by Gasteiger charge is -2.32. The van der Waals surface area contributed by atoms with Gasteiger partial charge in [-0.05, 0) is 68.7 Å². The molecule has 0 atom stereocenters. The van der Waals surface area contributed by atoms with Crippen molar-refractivity contribution in [3.63, 3.8) is 0 Å². The largest absolute Gasteiger partial charge is 0.492 e. The van der Waals surface area contributed by atoms with Crippen LogP contribution in [-0.2, 0) is 16.1 Å². The zero-order valence-corrected chi connectivity index (χ0v) is 23.3. The van der Waals surface area contributed by atoms with Crippen LogP contribution in [0.5, 0.6) is 11.5 Å². The summed E-state index contributed by atoms with van der Waals surface area (Å²) in [6.45, 7) is 7.14. The molecule has 1 aliphatic heterocycles. The lowest BCUT2D eigenvalue weighted by atomic mass is 10.0. The van der Waals surface area contributed by atoms with Crippen LogP contribution in [0.3, 0.4) is 0 Å². The molecule has 216 valence electrons. The molecule has 11 heteroatoms. The molecule has 0 saturated carbocycles. The molecule has 41 heavy (non-hydrogen) atoms. The lowest BCUT2D eigenvalue weighted by Crippen LogP contribution is -2.38. The topological polar surface area (TPSA) is 134 Å². The summed E-state index contributed by atoms with van der Waals surface area (Å²) in [6, 6.07) is 13.7. The molecule has 3 N–H and O–H groups in total. The SMILES string of the molecule is CCOc1cc(CN2CCC(Nc3nc4c(C(=O)OCC(N)=O)cccc4o3)CC2)cc(OCC)c1-n1cccc1. The van der Waals surface area contributed by atoms with Crippen molar-refractivity contribution in [2.45, 2.75) is 39.3 Å². The van der Waals surface area contributed by atoms with Gasteiger partial charge in [-0.25, -0.2) is 4.79 Å². The molecule has 0 radical (unpaired) electrons. The zero-order valence-electron chi connectivity index (χ0n) is 23.3. The highest BCUT2D eigenvalue weighted by Crippen LogP contribution is 2.35. The first-order valence-corrected chi connectivity index (χ1v) is 13.8. The summed E-state index contributed by atoms with van der Waals surface area (Å²) in [5, 5.41) is 3.37. The molecule has 11 nitrogen and oxygen atoms in total. The number of carbonyl (C=O) groups excluding carboxylic acids is 2.